The zero-order valence-corrected chi connectivity index (χ0v) is 12.6. The van der Waals surface area contributed by atoms with Crippen LogP contribution in [0.3, 0.4) is 0 Å². The Balaban J connectivity index is 2.57. The van der Waals surface area contributed by atoms with Crippen LogP contribution in [0.5, 0.6) is 11.5 Å². The molecule has 2 rings (SSSR count). The van der Waals surface area contributed by atoms with Gasteiger partial charge in [0.25, 0.3) is 0 Å². The maximum absolute atomic E-state index is 12.0. The van der Waals surface area contributed by atoms with Crippen molar-refractivity contribution in [3.63, 3.8) is 0 Å². The highest BCUT2D eigenvalue weighted by molar-refractivity contribution is 7.10. The zero-order chi connectivity index (χ0) is 15.2. The number of hydrogen-bond acceptors (Lipinski definition) is 6. The summed E-state index contributed by atoms with van der Waals surface area (Å²) in [7, 11) is 4.31. The fourth-order valence-electron chi connectivity index (χ4n) is 1.69. The molecule has 108 valence electrons. The van der Waals surface area contributed by atoms with E-state index in [2.05, 4.69) is 16.8 Å². The van der Waals surface area contributed by atoms with Crippen LogP contribution in [0.4, 0.5) is 0 Å². The summed E-state index contributed by atoms with van der Waals surface area (Å²) in [4.78, 5) is 16.0. The van der Waals surface area contributed by atoms with Crippen molar-refractivity contribution in [2.75, 3.05) is 21.3 Å². The fourth-order valence-corrected chi connectivity index (χ4v) is 2.17. The molecular formula is C15H13NO4S. The molecule has 0 radical (unpaired) electrons. The van der Waals surface area contributed by atoms with Crippen molar-refractivity contribution in [1.29, 1.82) is 0 Å². The lowest BCUT2D eigenvalue weighted by atomic mass is 10.1. The molecule has 0 aliphatic carbocycles. The van der Waals surface area contributed by atoms with Crippen LogP contribution in [0.25, 0.3) is 0 Å². The number of thiazole rings is 1. The van der Waals surface area contributed by atoms with Crippen molar-refractivity contribution < 1.29 is 19.0 Å². The molecule has 1 aromatic heterocycles. The van der Waals surface area contributed by atoms with Crippen molar-refractivity contribution in [2.24, 2.45) is 0 Å². The second-order valence-corrected chi connectivity index (χ2v) is 4.73. The monoisotopic (exact) mass is 303 g/mol. The molecule has 1 heterocycles. The van der Waals surface area contributed by atoms with Gasteiger partial charge in [-0.15, -0.1) is 11.3 Å². The van der Waals surface area contributed by atoms with Gasteiger partial charge in [-0.25, -0.2) is 9.78 Å². The Morgan fingerprint density at radius 2 is 2.00 bits per heavy atom. The third kappa shape index (κ3) is 3.33. The number of rotatable bonds is 3. The quantitative estimate of drug-likeness (QED) is 0.643. The third-order valence-electron chi connectivity index (χ3n) is 2.66. The van der Waals surface area contributed by atoms with Crippen LogP contribution < -0.4 is 9.47 Å². The Kier molecular flexibility index (Phi) is 4.80. The van der Waals surface area contributed by atoms with Crippen molar-refractivity contribution in [3.8, 4) is 23.3 Å². The minimum atomic E-state index is -0.516. The Morgan fingerprint density at radius 3 is 2.57 bits per heavy atom. The third-order valence-corrected chi connectivity index (χ3v) is 3.35. The van der Waals surface area contributed by atoms with Gasteiger partial charge >= 0.3 is 5.97 Å². The number of benzene rings is 1. The lowest BCUT2D eigenvalue weighted by molar-refractivity contribution is 0.0596. The van der Waals surface area contributed by atoms with Gasteiger partial charge in [-0.2, -0.15) is 0 Å². The lowest BCUT2D eigenvalue weighted by Gasteiger charge is -2.11. The smallest absolute Gasteiger partial charge is 0.342 e. The SMILES string of the molecule is COC(=O)c1c(C#Cc2nccs2)cc(OC)cc1OC. The molecule has 0 bridgehead atoms. The minimum absolute atomic E-state index is 0.268. The second-order valence-electron chi connectivity index (χ2n) is 3.83. The first-order valence-electron chi connectivity index (χ1n) is 5.95. The van der Waals surface area contributed by atoms with Crippen LogP contribution in [0.2, 0.25) is 0 Å². The van der Waals surface area contributed by atoms with Crippen LogP contribution >= 0.6 is 11.3 Å². The molecular weight excluding hydrogens is 290 g/mol. The van der Waals surface area contributed by atoms with E-state index < -0.39 is 5.97 Å². The number of esters is 1. The molecule has 0 amide bonds. The number of nitrogens with zero attached hydrogens (tertiary/aromatic N) is 1. The highest BCUT2D eigenvalue weighted by atomic mass is 32.1. The van der Waals surface area contributed by atoms with Gasteiger partial charge in [0, 0.05) is 23.2 Å². The maximum atomic E-state index is 12.0. The van der Waals surface area contributed by atoms with E-state index in [0.29, 0.717) is 22.1 Å². The van der Waals surface area contributed by atoms with Crippen LogP contribution in [-0.2, 0) is 4.74 Å². The van der Waals surface area contributed by atoms with Gasteiger partial charge < -0.3 is 14.2 Å². The summed E-state index contributed by atoms with van der Waals surface area (Å²) in [5, 5.41) is 2.49. The van der Waals surface area contributed by atoms with E-state index in [1.807, 2.05) is 5.38 Å². The molecule has 0 aliphatic heterocycles. The zero-order valence-electron chi connectivity index (χ0n) is 11.8. The number of ether oxygens (including phenoxy) is 3. The van der Waals surface area contributed by atoms with Crippen LogP contribution in [-0.4, -0.2) is 32.3 Å². The van der Waals surface area contributed by atoms with Crippen LogP contribution in [0.1, 0.15) is 20.9 Å². The van der Waals surface area contributed by atoms with Gasteiger partial charge in [0.05, 0.1) is 21.3 Å². The molecule has 0 spiro atoms. The first-order valence-corrected chi connectivity index (χ1v) is 6.83. The summed E-state index contributed by atoms with van der Waals surface area (Å²) in [6.07, 6.45) is 1.67. The predicted octanol–water partition coefficient (Wildman–Crippen LogP) is 2.35. The molecule has 0 atom stereocenters. The molecule has 0 saturated heterocycles. The van der Waals surface area contributed by atoms with E-state index in [-0.39, 0.29) is 5.56 Å². The van der Waals surface area contributed by atoms with Gasteiger partial charge in [-0.1, -0.05) is 5.92 Å². The highest BCUT2D eigenvalue weighted by Gasteiger charge is 2.19. The van der Waals surface area contributed by atoms with Crippen LogP contribution in [0.15, 0.2) is 23.7 Å². The van der Waals surface area contributed by atoms with Crippen molar-refractivity contribution >= 4 is 17.3 Å². The lowest BCUT2D eigenvalue weighted by Crippen LogP contribution is -2.07. The van der Waals surface area contributed by atoms with E-state index in [1.54, 1.807) is 18.3 Å². The molecule has 6 heteroatoms. The number of hydrogen-bond donors (Lipinski definition) is 0. The Morgan fingerprint density at radius 1 is 1.19 bits per heavy atom. The van der Waals surface area contributed by atoms with E-state index in [0.717, 1.165) is 0 Å². The van der Waals surface area contributed by atoms with Gasteiger partial charge in [-0.3, -0.25) is 0 Å². The standard InChI is InChI=1S/C15H13NO4S/c1-18-11-8-10(4-5-13-16-6-7-21-13)14(15(17)20-3)12(9-11)19-2/h6-9H,1-3H3. The Labute approximate surface area is 126 Å². The molecule has 2 aromatic rings. The molecule has 5 nitrogen and oxygen atoms in total. The Bertz CT molecular complexity index is 698. The first-order chi connectivity index (χ1) is 10.2. The molecule has 21 heavy (non-hydrogen) atoms. The largest absolute Gasteiger partial charge is 0.497 e. The van der Waals surface area contributed by atoms with Crippen LogP contribution in [0, 0.1) is 11.8 Å². The maximum Gasteiger partial charge on any atom is 0.342 e. The van der Waals surface area contributed by atoms with E-state index >= 15 is 0 Å². The summed E-state index contributed by atoms with van der Waals surface area (Å²) in [5.41, 5.74) is 0.734. The van der Waals surface area contributed by atoms with Gasteiger partial charge in [-0.05, 0) is 12.0 Å². The average Bonchev–Trinajstić information content (AvgIpc) is 3.04. The number of carbonyl (C=O) groups excluding carboxylic acids is 1. The molecule has 0 unspecified atom stereocenters. The first kappa shape index (κ1) is 14.9. The molecule has 0 fully saturated rings. The number of carbonyl (C=O) groups is 1. The summed E-state index contributed by atoms with van der Waals surface area (Å²) in [5.74, 6) is 6.20. The van der Waals surface area contributed by atoms with Crippen molar-refractivity contribution in [3.05, 3.63) is 39.8 Å². The minimum Gasteiger partial charge on any atom is -0.497 e. The summed E-state index contributed by atoms with van der Waals surface area (Å²) < 4.78 is 15.2. The summed E-state index contributed by atoms with van der Waals surface area (Å²) >= 11 is 1.42. The van der Waals surface area contributed by atoms with E-state index in [9.17, 15) is 4.79 Å². The van der Waals surface area contributed by atoms with Gasteiger partial charge in [0.1, 0.15) is 17.1 Å². The molecule has 1 aromatic carbocycles. The van der Waals surface area contributed by atoms with Crippen molar-refractivity contribution in [1.82, 2.24) is 4.98 Å². The van der Waals surface area contributed by atoms with E-state index in [4.69, 9.17) is 14.2 Å². The number of methoxy groups -OCH3 is 3. The topological polar surface area (TPSA) is 57.7 Å². The molecule has 0 N–H and O–H groups in total. The normalized spacial score (nSPS) is 9.48. The Hall–Kier alpha value is -2.52. The van der Waals surface area contributed by atoms with Crippen molar-refractivity contribution in [2.45, 2.75) is 0 Å². The molecule has 0 saturated carbocycles. The van der Waals surface area contributed by atoms with Gasteiger partial charge in [0.2, 0.25) is 0 Å². The predicted molar refractivity (Wildman–Crippen MR) is 79.0 cm³/mol. The molecule has 0 aliphatic rings. The fraction of sp³-hybridized carbons (Fsp3) is 0.200. The van der Waals surface area contributed by atoms with Gasteiger partial charge in [0.15, 0.2) is 5.01 Å². The summed E-state index contributed by atoms with van der Waals surface area (Å²) in [6.45, 7) is 0. The number of aromatic nitrogens is 1. The average molecular weight is 303 g/mol. The second kappa shape index (κ2) is 6.77. The van der Waals surface area contributed by atoms with E-state index in [1.165, 1.54) is 32.7 Å². The highest BCUT2D eigenvalue weighted by Crippen LogP contribution is 2.29. The summed E-state index contributed by atoms with van der Waals surface area (Å²) in [6, 6.07) is 3.27.